The van der Waals surface area contributed by atoms with E-state index in [-0.39, 0.29) is 21.2 Å². The minimum absolute atomic E-state index is 0.0461. The monoisotopic (exact) mass is 410 g/mol. The number of benzene rings is 2. The molecule has 8 heteroatoms. The molecular weight excluding hydrogens is 400 g/mol. The number of aromatic nitrogens is 2. The van der Waals surface area contributed by atoms with Gasteiger partial charge in [-0.1, -0.05) is 23.2 Å². The fourth-order valence-electron chi connectivity index (χ4n) is 2.46. The Balaban J connectivity index is 1.96. The molecule has 0 saturated heterocycles. The maximum absolute atomic E-state index is 13.5. The van der Waals surface area contributed by atoms with Gasteiger partial charge in [-0.2, -0.15) is 13.2 Å². The first-order chi connectivity index (χ1) is 12.7. The average molecular weight is 411 g/mol. The maximum atomic E-state index is 13.5. The fraction of sp³-hybridized carbons (Fsp3) is 0.0526. The zero-order valence-corrected chi connectivity index (χ0v) is 15.1. The van der Waals surface area contributed by atoms with Crippen LogP contribution in [0.25, 0.3) is 11.3 Å². The van der Waals surface area contributed by atoms with Gasteiger partial charge in [0, 0.05) is 33.7 Å². The van der Waals surface area contributed by atoms with Crippen molar-refractivity contribution in [2.24, 2.45) is 0 Å². The second kappa shape index (κ2) is 7.58. The molecule has 3 aromatic rings. The lowest BCUT2D eigenvalue weighted by Gasteiger charge is -2.13. The number of alkyl halides is 3. The Labute approximate surface area is 162 Å². The Morgan fingerprint density at radius 2 is 1.63 bits per heavy atom. The van der Waals surface area contributed by atoms with Crippen molar-refractivity contribution >= 4 is 34.6 Å². The summed E-state index contributed by atoms with van der Waals surface area (Å²) < 4.78 is 42.1. The summed E-state index contributed by atoms with van der Waals surface area (Å²) in [7, 11) is 0. The van der Waals surface area contributed by atoms with Gasteiger partial charge in [-0.05, 0) is 54.1 Å². The number of rotatable bonds is 4. The number of imidazole rings is 1. The molecule has 138 valence electrons. The van der Waals surface area contributed by atoms with Crippen molar-refractivity contribution in [3.05, 3.63) is 88.4 Å². The first-order valence-electron chi connectivity index (χ1n) is 7.62. The summed E-state index contributed by atoms with van der Waals surface area (Å²) in [6, 6.07) is 9.68. The average Bonchev–Trinajstić information content (AvgIpc) is 3.12. The Hall–Kier alpha value is -2.57. The van der Waals surface area contributed by atoms with Gasteiger partial charge in [-0.25, -0.2) is 4.98 Å². The van der Waals surface area contributed by atoms with E-state index >= 15 is 0 Å². The number of hydrogen-bond acceptors (Lipinski definition) is 2. The van der Waals surface area contributed by atoms with Crippen molar-refractivity contribution in [2.75, 3.05) is 0 Å². The van der Waals surface area contributed by atoms with Gasteiger partial charge in [0.05, 0.1) is 11.9 Å². The third kappa shape index (κ3) is 4.59. The fourth-order valence-corrected chi connectivity index (χ4v) is 2.99. The third-order valence-corrected chi connectivity index (χ3v) is 4.15. The second-order valence-corrected chi connectivity index (χ2v) is 6.47. The molecule has 0 atom stereocenters. The van der Waals surface area contributed by atoms with E-state index < -0.39 is 17.5 Å². The van der Waals surface area contributed by atoms with E-state index in [0.29, 0.717) is 6.08 Å². The predicted molar refractivity (Wildman–Crippen MR) is 98.4 cm³/mol. The van der Waals surface area contributed by atoms with Crippen molar-refractivity contribution < 1.29 is 18.0 Å². The number of nitrogens with zero attached hydrogens (tertiary/aromatic N) is 2. The standard InChI is InChI=1S/C19H11Cl2F3N2O/c20-14-7-13(8-15(21)9-14)17(19(22,23)24)10-18(27)12-1-3-16(4-2-12)26-6-5-25-11-26/h1-11H/b17-10+. The molecule has 1 aromatic heterocycles. The van der Waals surface area contributed by atoms with Gasteiger partial charge in [-0.15, -0.1) is 0 Å². The second-order valence-electron chi connectivity index (χ2n) is 5.59. The smallest absolute Gasteiger partial charge is 0.306 e. The summed E-state index contributed by atoms with van der Waals surface area (Å²) in [4.78, 5) is 16.3. The van der Waals surface area contributed by atoms with Crippen molar-refractivity contribution in [3.8, 4) is 5.69 Å². The van der Waals surface area contributed by atoms with Crippen LogP contribution in [0.3, 0.4) is 0 Å². The molecule has 0 aliphatic heterocycles. The van der Waals surface area contributed by atoms with Crippen LogP contribution in [0.4, 0.5) is 13.2 Å². The van der Waals surface area contributed by atoms with Gasteiger partial charge >= 0.3 is 6.18 Å². The first kappa shape index (κ1) is 19.2. The summed E-state index contributed by atoms with van der Waals surface area (Å²) in [5.41, 5.74) is -0.543. The SMILES string of the molecule is O=C(/C=C(\c1cc(Cl)cc(Cl)c1)C(F)(F)F)c1ccc(-n2ccnc2)cc1. The Kier molecular flexibility index (Phi) is 5.39. The number of allylic oxidation sites excluding steroid dienone is 2. The number of ketones is 1. The molecule has 0 fully saturated rings. The largest absolute Gasteiger partial charge is 0.417 e. The van der Waals surface area contributed by atoms with Crippen molar-refractivity contribution in [1.29, 1.82) is 0 Å². The summed E-state index contributed by atoms with van der Waals surface area (Å²) in [6.45, 7) is 0. The van der Waals surface area contributed by atoms with Gasteiger partial charge in [0.15, 0.2) is 5.78 Å². The molecule has 27 heavy (non-hydrogen) atoms. The highest BCUT2D eigenvalue weighted by atomic mass is 35.5. The number of halogens is 5. The molecule has 3 rings (SSSR count). The molecule has 2 aromatic carbocycles. The molecule has 0 unspecified atom stereocenters. The first-order valence-corrected chi connectivity index (χ1v) is 8.38. The highest BCUT2D eigenvalue weighted by Crippen LogP contribution is 2.36. The van der Waals surface area contributed by atoms with Crippen LogP contribution in [0.15, 0.2) is 67.3 Å². The summed E-state index contributed by atoms with van der Waals surface area (Å²) in [5, 5.41) is 0.0922. The van der Waals surface area contributed by atoms with E-state index in [0.717, 1.165) is 17.8 Å². The Morgan fingerprint density at radius 3 is 2.15 bits per heavy atom. The van der Waals surface area contributed by atoms with Crippen LogP contribution >= 0.6 is 23.2 Å². The summed E-state index contributed by atoms with van der Waals surface area (Å²) >= 11 is 11.6. The normalized spacial score (nSPS) is 12.3. The van der Waals surface area contributed by atoms with E-state index in [1.165, 1.54) is 18.2 Å². The van der Waals surface area contributed by atoms with Gasteiger partial charge in [0.25, 0.3) is 0 Å². The molecule has 0 aliphatic rings. The van der Waals surface area contributed by atoms with E-state index in [4.69, 9.17) is 23.2 Å². The molecule has 0 radical (unpaired) electrons. The summed E-state index contributed by atoms with van der Waals surface area (Å²) in [5.74, 6) is -0.782. The van der Waals surface area contributed by atoms with E-state index in [1.807, 2.05) is 0 Å². The van der Waals surface area contributed by atoms with Crippen molar-refractivity contribution in [2.45, 2.75) is 6.18 Å². The molecule has 1 heterocycles. The van der Waals surface area contributed by atoms with E-state index in [1.54, 1.807) is 35.4 Å². The van der Waals surface area contributed by atoms with Gasteiger partial charge in [-0.3, -0.25) is 4.79 Å². The molecule has 0 saturated carbocycles. The topological polar surface area (TPSA) is 34.9 Å². The molecule has 0 spiro atoms. The van der Waals surface area contributed by atoms with Crippen LogP contribution in [0.5, 0.6) is 0 Å². The quantitative estimate of drug-likeness (QED) is 0.390. The summed E-state index contributed by atoms with van der Waals surface area (Å²) in [6.07, 6.45) is 0.672. The van der Waals surface area contributed by atoms with Crippen LogP contribution in [-0.4, -0.2) is 21.5 Å². The minimum Gasteiger partial charge on any atom is -0.306 e. The highest BCUT2D eigenvalue weighted by Gasteiger charge is 2.35. The van der Waals surface area contributed by atoms with Crippen LogP contribution in [0.1, 0.15) is 15.9 Å². The maximum Gasteiger partial charge on any atom is 0.417 e. The molecular formula is C19H11Cl2F3N2O. The van der Waals surface area contributed by atoms with E-state index in [9.17, 15) is 18.0 Å². The van der Waals surface area contributed by atoms with Crippen molar-refractivity contribution in [1.82, 2.24) is 9.55 Å². The predicted octanol–water partition coefficient (Wildman–Crippen LogP) is 6.01. The Bertz CT molecular complexity index is 975. The molecule has 0 bridgehead atoms. The third-order valence-electron chi connectivity index (χ3n) is 3.71. The van der Waals surface area contributed by atoms with Gasteiger partial charge in [0.2, 0.25) is 0 Å². The highest BCUT2D eigenvalue weighted by molar-refractivity contribution is 6.35. The van der Waals surface area contributed by atoms with Crippen LogP contribution in [0.2, 0.25) is 10.0 Å². The molecule has 0 aliphatic carbocycles. The zero-order valence-electron chi connectivity index (χ0n) is 13.5. The minimum atomic E-state index is -4.75. The molecule has 3 nitrogen and oxygen atoms in total. The van der Waals surface area contributed by atoms with Gasteiger partial charge in [0.1, 0.15) is 0 Å². The number of carbonyl (C=O) groups excluding carboxylic acids is 1. The lowest BCUT2D eigenvalue weighted by molar-refractivity contribution is -0.0689. The Morgan fingerprint density at radius 1 is 1.00 bits per heavy atom. The van der Waals surface area contributed by atoms with Crippen LogP contribution in [0, 0.1) is 0 Å². The molecule has 0 N–H and O–H groups in total. The lowest BCUT2D eigenvalue weighted by Crippen LogP contribution is -2.13. The van der Waals surface area contributed by atoms with Gasteiger partial charge < -0.3 is 4.57 Å². The zero-order chi connectivity index (χ0) is 19.6. The number of carbonyl (C=O) groups is 1. The lowest BCUT2D eigenvalue weighted by atomic mass is 10.0. The number of hydrogen-bond donors (Lipinski definition) is 0. The van der Waals surface area contributed by atoms with E-state index in [2.05, 4.69) is 4.98 Å². The van der Waals surface area contributed by atoms with Crippen LogP contribution < -0.4 is 0 Å². The van der Waals surface area contributed by atoms with Crippen molar-refractivity contribution in [3.63, 3.8) is 0 Å². The van der Waals surface area contributed by atoms with Crippen LogP contribution in [-0.2, 0) is 0 Å². The molecule has 0 amide bonds.